The van der Waals surface area contributed by atoms with Crippen molar-refractivity contribution in [1.82, 2.24) is 0 Å². The van der Waals surface area contributed by atoms with Crippen molar-refractivity contribution in [3.63, 3.8) is 0 Å². The average molecular weight is 274 g/mol. The lowest BCUT2D eigenvalue weighted by atomic mass is 10.2. The van der Waals surface area contributed by atoms with Crippen molar-refractivity contribution in [1.29, 1.82) is 0 Å². The van der Waals surface area contributed by atoms with Crippen LogP contribution in [0.15, 0.2) is 18.2 Å². The van der Waals surface area contributed by atoms with Crippen molar-refractivity contribution < 1.29 is 22.8 Å². The molecule has 1 aromatic carbocycles. The largest absolute Gasteiger partial charge is 0.486 e. The van der Waals surface area contributed by atoms with Gasteiger partial charge in [0.05, 0.1) is 11.0 Å². The molecule has 2 rings (SSSR count). The number of sulfonamides is 1. The molecule has 0 saturated carbocycles. The van der Waals surface area contributed by atoms with Gasteiger partial charge in [-0.25, -0.2) is 13.6 Å². The van der Waals surface area contributed by atoms with Gasteiger partial charge in [-0.05, 0) is 6.07 Å². The van der Waals surface area contributed by atoms with Crippen molar-refractivity contribution in [3.8, 4) is 11.5 Å². The van der Waals surface area contributed by atoms with E-state index in [1.54, 1.807) is 0 Å². The Bertz CT molecular complexity index is 585. The van der Waals surface area contributed by atoms with E-state index in [1.807, 2.05) is 0 Å². The van der Waals surface area contributed by atoms with Gasteiger partial charge >= 0.3 is 0 Å². The molecule has 8 nitrogen and oxygen atoms in total. The highest BCUT2D eigenvalue weighted by Crippen LogP contribution is 2.34. The first-order valence-electron chi connectivity index (χ1n) is 4.93. The second kappa shape index (κ2) is 4.42. The van der Waals surface area contributed by atoms with Crippen molar-refractivity contribution in [2.45, 2.75) is 6.10 Å². The average Bonchev–Trinajstić information content (AvgIpc) is 2.25. The molecule has 1 heterocycles. The molecular formula is C9H10N2O6S. The number of ether oxygens (including phenoxy) is 2. The molecule has 2 N–H and O–H groups in total. The van der Waals surface area contributed by atoms with Crippen LogP contribution in [0, 0.1) is 10.1 Å². The Kier molecular flexibility index (Phi) is 3.09. The van der Waals surface area contributed by atoms with Gasteiger partial charge in [-0.1, -0.05) is 0 Å². The van der Waals surface area contributed by atoms with Crippen LogP contribution >= 0.6 is 0 Å². The number of nitro groups is 1. The molecule has 1 aliphatic heterocycles. The number of rotatable bonds is 3. The smallest absolute Gasteiger partial charge is 0.273 e. The van der Waals surface area contributed by atoms with Crippen LogP contribution < -0.4 is 14.6 Å². The van der Waals surface area contributed by atoms with E-state index in [9.17, 15) is 18.5 Å². The Morgan fingerprint density at radius 1 is 1.44 bits per heavy atom. The topological polar surface area (TPSA) is 122 Å². The van der Waals surface area contributed by atoms with E-state index in [-0.39, 0.29) is 18.0 Å². The minimum absolute atomic E-state index is 0.0290. The van der Waals surface area contributed by atoms with Crippen LogP contribution in [-0.2, 0) is 10.0 Å². The van der Waals surface area contributed by atoms with Crippen LogP contribution in [0.3, 0.4) is 0 Å². The molecule has 1 aliphatic rings. The van der Waals surface area contributed by atoms with E-state index in [1.165, 1.54) is 18.2 Å². The molecular weight excluding hydrogens is 264 g/mol. The number of hydrogen-bond acceptors (Lipinski definition) is 6. The van der Waals surface area contributed by atoms with E-state index in [0.717, 1.165) is 0 Å². The first-order valence-corrected chi connectivity index (χ1v) is 6.65. The molecule has 0 aliphatic carbocycles. The van der Waals surface area contributed by atoms with Gasteiger partial charge in [-0.15, -0.1) is 0 Å². The number of nitrogens with zero attached hydrogens (tertiary/aromatic N) is 1. The van der Waals surface area contributed by atoms with Crippen LogP contribution in [0.4, 0.5) is 5.69 Å². The fraction of sp³-hybridized carbons (Fsp3) is 0.333. The van der Waals surface area contributed by atoms with Crippen molar-refractivity contribution in [2.24, 2.45) is 5.14 Å². The van der Waals surface area contributed by atoms with Gasteiger partial charge in [-0.2, -0.15) is 0 Å². The first kappa shape index (κ1) is 12.6. The number of benzene rings is 1. The predicted octanol–water partition coefficient (Wildman–Crippen LogP) is 0.0231. The van der Waals surface area contributed by atoms with Gasteiger partial charge in [0.15, 0.2) is 11.5 Å². The van der Waals surface area contributed by atoms with Crippen LogP contribution in [-0.4, -0.2) is 31.8 Å². The molecule has 0 spiro atoms. The van der Waals surface area contributed by atoms with E-state index in [0.29, 0.717) is 5.75 Å². The molecule has 0 bridgehead atoms. The molecule has 1 unspecified atom stereocenters. The minimum atomic E-state index is -3.69. The lowest BCUT2D eigenvalue weighted by Crippen LogP contribution is -2.37. The summed E-state index contributed by atoms with van der Waals surface area (Å²) < 4.78 is 32.4. The maximum Gasteiger partial charge on any atom is 0.273 e. The third-order valence-corrected chi connectivity index (χ3v) is 3.11. The van der Waals surface area contributed by atoms with Crippen LogP contribution in [0.2, 0.25) is 0 Å². The standard InChI is InChI=1S/C9H10N2O6S/c10-18(14,15)5-7-4-16-8-2-1-6(11(12)13)3-9(8)17-7/h1-3,7H,4-5H2,(H2,10,14,15). The lowest BCUT2D eigenvalue weighted by molar-refractivity contribution is -0.385. The summed E-state index contributed by atoms with van der Waals surface area (Å²) in [7, 11) is -3.69. The molecule has 0 fully saturated rings. The molecule has 0 amide bonds. The third kappa shape index (κ3) is 2.87. The summed E-state index contributed by atoms with van der Waals surface area (Å²) in [6.07, 6.45) is -0.769. The van der Waals surface area contributed by atoms with Crippen molar-refractivity contribution >= 4 is 15.7 Å². The van der Waals surface area contributed by atoms with Gasteiger partial charge in [-0.3, -0.25) is 10.1 Å². The SMILES string of the molecule is NS(=O)(=O)CC1COc2ccc([N+](=O)[O-])cc2O1. The molecule has 0 aromatic heterocycles. The molecule has 18 heavy (non-hydrogen) atoms. The highest BCUT2D eigenvalue weighted by Gasteiger charge is 2.26. The highest BCUT2D eigenvalue weighted by atomic mass is 32.2. The van der Waals surface area contributed by atoms with Gasteiger partial charge in [0, 0.05) is 6.07 Å². The van der Waals surface area contributed by atoms with Crippen LogP contribution in [0.5, 0.6) is 11.5 Å². The molecule has 98 valence electrons. The number of non-ortho nitro benzene ring substituents is 1. The van der Waals surface area contributed by atoms with E-state index in [2.05, 4.69) is 0 Å². The summed E-state index contributed by atoms with van der Waals surface area (Å²) >= 11 is 0. The number of hydrogen-bond donors (Lipinski definition) is 1. The number of nitro benzene ring substituents is 1. The number of nitrogens with two attached hydrogens (primary N) is 1. The summed E-state index contributed by atoms with van der Waals surface area (Å²) in [4.78, 5) is 10.0. The van der Waals surface area contributed by atoms with Crippen molar-refractivity contribution in [2.75, 3.05) is 12.4 Å². The van der Waals surface area contributed by atoms with Crippen molar-refractivity contribution in [3.05, 3.63) is 28.3 Å². The Balaban J connectivity index is 2.22. The van der Waals surface area contributed by atoms with Gasteiger partial charge in [0.2, 0.25) is 10.0 Å². The molecule has 1 aromatic rings. The maximum absolute atomic E-state index is 10.9. The van der Waals surface area contributed by atoms with Crippen LogP contribution in [0.25, 0.3) is 0 Å². The van der Waals surface area contributed by atoms with Gasteiger partial charge < -0.3 is 9.47 Å². The maximum atomic E-state index is 10.9. The highest BCUT2D eigenvalue weighted by molar-refractivity contribution is 7.89. The zero-order valence-corrected chi connectivity index (χ0v) is 9.92. The Hall–Kier alpha value is -1.87. The second-order valence-electron chi connectivity index (χ2n) is 3.77. The zero-order valence-electron chi connectivity index (χ0n) is 9.11. The Morgan fingerprint density at radius 3 is 2.78 bits per heavy atom. The third-order valence-electron chi connectivity index (χ3n) is 2.27. The molecule has 0 saturated heterocycles. The monoisotopic (exact) mass is 274 g/mol. The normalized spacial score (nSPS) is 18.4. The lowest BCUT2D eigenvalue weighted by Gasteiger charge is -2.25. The van der Waals surface area contributed by atoms with E-state index in [4.69, 9.17) is 14.6 Å². The molecule has 1 atom stereocenters. The minimum Gasteiger partial charge on any atom is -0.486 e. The summed E-state index contributed by atoms with van der Waals surface area (Å²) in [6, 6.07) is 3.87. The number of primary sulfonamides is 1. The summed E-state index contributed by atoms with van der Waals surface area (Å²) in [5.41, 5.74) is -0.159. The van der Waals surface area contributed by atoms with Gasteiger partial charge in [0.25, 0.3) is 5.69 Å². The predicted molar refractivity (Wildman–Crippen MR) is 61.0 cm³/mol. The quantitative estimate of drug-likeness (QED) is 0.612. The molecule has 0 radical (unpaired) electrons. The summed E-state index contributed by atoms with van der Waals surface area (Å²) in [5.74, 6) is 0.0742. The molecule has 9 heteroatoms. The fourth-order valence-corrected chi connectivity index (χ4v) is 2.24. The van der Waals surface area contributed by atoms with Crippen LogP contribution in [0.1, 0.15) is 0 Å². The van der Waals surface area contributed by atoms with E-state index < -0.39 is 26.8 Å². The first-order chi connectivity index (χ1) is 8.35. The van der Waals surface area contributed by atoms with E-state index >= 15 is 0 Å². The second-order valence-corrected chi connectivity index (χ2v) is 5.43. The fourth-order valence-electron chi connectivity index (χ4n) is 1.56. The summed E-state index contributed by atoms with van der Waals surface area (Å²) in [5, 5.41) is 15.5. The zero-order chi connectivity index (χ0) is 13.3. The Morgan fingerprint density at radius 2 is 2.17 bits per heavy atom. The Labute approximate surface area is 103 Å². The van der Waals surface area contributed by atoms with Gasteiger partial charge in [0.1, 0.15) is 18.5 Å². The summed E-state index contributed by atoms with van der Waals surface area (Å²) in [6.45, 7) is 0.0290. The number of fused-ring (bicyclic) bond motifs is 1.